The van der Waals surface area contributed by atoms with Crippen LogP contribution in [0.1, 0.15) is 44.1 Å². The molecule has 4 heterocycles. The molecule has 2 saturated heterocycles. The topological polar surface area (TPSA) is 144 Å². The summed E-state index contributed by atoms with van der Waals surface area (Å²) in [6.07, 6.45) is 5.52. The minimum absolute atomic E-state index is 0.0230. The van der Waals surface area contributed by atoms with Crippen LogP contribution in [-0.2, 0) is 31.0 Å². The van der Waals surface area contributed by atoms with Gasteiger partial charge in [0.25, 0.3) is 0 Å². The van der Waals surface area contributed by atoms with E-state index >= 15 is 0 Å². The quantitative estimate of drug-likeness (QED) is 0.409. The molecule has 1 aliphatic carbocycles. The summed E-state index contributed by atoms with van der Waals surface area (Å²) >= 11 is 0. The standard InChI is InChI=1S/C28H37N3O8S2/c32-22(19-38-23-4-1-5-25(14-23)40(33,34)24-6-7-24)16-29-21-15-28(39-18-21)8-10-31(11-9-28)41(35,36)26-13-20-3-2-12-37-27(20)30-17-26/h1,4-5,13-14,17,21-22,24,29,32H,2-3,6-12,15-16,18-19H2. The van der Waals surface area contributed by atoms with Crippen LogP contribution in [0.4, 0.5) is 0 Å². The Morgan fingerprint density at radius 3 is 2.73 bits per heavy atom. The number of pyridine rings is 1. The number of sulfonamides is 1. The molecule has 13 heteroatoms. The van der Waals surface area contributed by atoms with Crippen molar-refractivity contribution in [3.63, 3.8) is 0 Å². The number of rotatable bonds is 10. The summed E-state index contributed by atoms with van der Waals surface area (Å²) in [4.78, 5) is 4.70. The molecule has 224 valence electrons. The number of aromatic nitrogens is 1. The van der Waals surface area contributed by atoms with E-state index in [1.807, 2.05) is 0 Å². The molecule has 3 aliphatic heterocycles. The van der Waals surface area contributed by atoms with E-state index in [1.54, 1.807) is 24.3 Å². The van der Waals surface area contributed by atoms with E-state index in [4.69, 9.17) is 14.2 Å². The van der Waals surface area contributed by atoms with Crippen molar-refractivity contribution in [1.29, 1.82) is 0 Å². The van der Waals surface area contributed by atoms with Crippen LogP contribution in [0.15, 0.2) is 46.3 Å². The Labute approximate surface area is 241 Å². The van der Waals surface area contributed by atoms with Crippen molar-refractivity contribution in [1.82, 2.24) is 14.6 Å². The number of sulfone groups is 1. The summed E-state index contributed by atoms with van der Waals surface area (Å²) in [5.41, 5.74) is 0.446. The molecule has 1 saturated carbocycles. The van der Waals surface area contributed by atoms with Crippen LogP contribution >= 0.6 is 0 Å². The normalized spacial score (nSPS) is 23.6. The summed E-state index contributed by atoms with van der Waals surface area (Å²) in [7, 11) is -6.96. The molecule has 6 rings (SSSR count). The van der Waals surface area contributed by atoms with E-state index in [1.165, 1.54) is 16.6 Å². The maximum Gasteiger partial charge on any atom is 0.244 e. The summed E-state index contributed by atoms with van der Waals surface area (Å²) < 4.78 is 70.5. The zero-order valence-corrected chi connectivity index (χ0v) is 24.5. The third-order valence-corrected chi connectivity index (χ3v) is 12.5. The highest BCUT2D eigenvalue weighted by atomic mass is 32.2. The average molecular weight is 608 g/mol. The van der Waals surface area contributed by atoms with Gasteiger partial charge in [-0.3, -0.25) is 0 Å². The van der Waals surface area contributed by atoms with E-state index < -0.39 is 26.0 Å². The highest BCUT2D eigenvalue weighted by Crippen LogP contribution is 2.38. The molecule has 1 aromatic heterocycles. The summed E-state index contributed by atoms with van der Waals surface area (Å²) in [5, 5.41) is 13.5. The molecule has 2 unspecified atom stereocenters. The van der Waals surface area contributed by atoms with Crippen molar-refractivity contribution in [2.24, 2.45) is 0 Å². The van der Waals surface area contributed by atoms with Gasteiger partial charge < -0.3 is 24.6 Å². The van der Waals surface area contributed by atoms with Gasteiger partial charge in [0, 0.05) is 31.2 Å². The molecular weight excluding hydrogens is 570 g/mol. The molecule has 11 nitrogen and oxygen atoms in total. The zero-order chi connectivity index (χ0) is 28.7. The first-order valence-corrected chi connectivity index (χ1v) is 17.3. The first kappa shape index (κ1) is 28.8. The maximum absolute atomic E-state index is 13.3. The average Bonchev–Trinajstić information content (AvgIpc) is 3.78. The van der Waals surface area contributed by atoms with Gasteiger partial charge >= 0.3 is 0 Å². The minimum Gasteiger partial charge on any atom is -0.491 e. The van der Waals surface area contributed by atoms with Crippen LogP contribution in [0.2, 0.25) is 0 Å². The second kappa shape index (κ2) is 11.4. The fraction of sp³-hybridized carbons (Fsp3) is 0.607. The van der Waals surface area contributed by atoms with Gasteiger partial charge in [-0.25, -0.2) is 21.8 Å². The van der Waals surface area contributed by atoms with Gasteiger partial charge in [-0.05, 0) is 69.2 Å². The van der Waals surface area contributed by atoms with E-state index in [0.29, 0.717) is 70.2 Å². The van der Waals surface area contributed by atoms with Gasteiger partial charge in [-0.15, -0.1) is 0 Å². The highest BCUT2D eigenvalue weighted by molar-refractivity contribution is 7.92. The number of hydrogen-bond acceptors (Lipinski definition) is 10. The van der Waals surface area contributed by atoms with Crippen molar-refractivity contribution in [2.75, 3.05) is 39.5 Å². The Balaban J connectivity index is 0.961. The Bertz CT molecular complexity index is 1470. The lowest BCUT2D eigenvalue weighted by atomic mass is 9.88. The Morgan fingerprint density at radius 1 is 1.15 bits per heavy atom. The lowest BCUT2D eigenvalue weighted by Crippen LogP contribution is -2.47. The second-order valence-corrected chi connectivity index (χ2v) is 15.6. The van der Waals surface area contributed by atoms with Crippen molar-refractivity contribution in [2.45, 2.75) is 77.7 Å². The number of nitrogens with zero attached hydrogens (tertiary/aromatic N) is 2. The van der Waals surface area contributed by atoms with Gasteiger partial charge in [0.15, 0.2) is 9.84 Å². The number of nitrogens with one attached hydrogen (secondary N) is 1. The van der Waals surface area contributed by atoms with E-state index in [2.05, 4.69) is 10.3 Å². The zero-order valence-electron chi connectivity index (χ0n) is 22.9. The molecule has 41 heavy (non-hydrogen) atoms. The minimum atomic E-state index is -3.65. The molecule has 0 radical (unpaired) electrons. The van der Waals surface area contributed by atoms with Gasteiger partial charge in [0.2, 0.25) is 15.9 Å². The molecule has 1 aromatic carbocycles. The number of aryl methyl sites for hydroxylation is 1. The van der Waals surface area contributed by atoms with Crippen LogP contribution in [0.5, 0.6) is 11.6 Å². The summed E-state index contributed by atoms with van der Waals surface area (Å²) in [5.74, 6) is 0.936. The molecule has 2 aromatic rings. The molecule has 1 spiro atoms. The Hall–Kier alpha value is -2.29. The van der Waals surface area contributed by atoms with Crippen LogP contribution < -0.4 is 14.8 Å². The number of aliphatic hydroxyl groups excluding tert-OH is 1. The lowest BCUT2D eigenvalue weighted by Gasteiger charge is -2.38. The first-order chi connectivity index (χ1) is 19.6. The third-order valence-electron chi connectivity index (χ3n) is 8.39. The summed E-state index contributed by atoms with van der Waals surface area (Å²) in [6.45, 7) is 2.14. The Morgan fingerprint density at radius 2 is 1.95 bits per heavy atom. The number of hydrogen-bond donors (Lipinski definition) is 2. The number of fused-ring (bicyclic) bond motifs is 1. The fourth-order valence-corrected chi connectivity index (χ4v) is 8.96. The number of piperidine rings is 1. The maximum atomic E-state index is 13.3. The molecule has 3 fully saturated rings. The second-order valence-electron chi connectivity index (χ2n) is 11.5. The van der Waals surface area contributed by atoms with Crippen molar-refractivity contribution >= 4 is 19.9 Å². The van der Waals surface area contributed by atoms with Gasteiger partial charge in [-0.1, -0.05) is 6.07 Å². The van der Waals surface area contributed by atoms with Gasteiger partial charge in [-0.2, -0.15) is 4.31 Å². The molecule has 2 atom stereocenters. The van der Waals surface area contributed by atoms with E-state index in [0.717, 1.165) is 24.8 Å². The molecule has 2 N–H and O–H groups in total. The van der Waals surface area contributed by atoms with Gasteiger partial charge in [0.05, 0.1) is 35.2 Å². The van der Waals surface area contributed by atoms with Crippen LogP contribution in [0.3, 0.4) is 0 Å². The largest absolute Gasteiger partial charge is 0.491 e. The number of aliphatic hydroxyl groups is 1. The third kappa shape index (κ3) is 6.25. The van der Waals surface area contributed by atoms with Crippen LogP contribution in [0.25, 0.3) is 0 Å². The first-order valence-electron chi connectivity index (χ1n) is 14.3. The van der Waals surface area contributed by atoms with Crippen LogP contribution in [0, 0.1) is 0 Å². The summed E-state index contributed by atoms with van der Waals surface area (Å²) in [6, 6.07) is 8.16. The monoisotopic (exact) mass is 607 g/mol. The van der Waals surface area contributed by atoms with E-state index in [-0.39, 0.29) is 33.3 Å². The van der Waals surface area contributed by atoms with E-state index in [9.17, 15) is 21.9 Å². The molecular formula is C28H37N3O8S2. The SMILES string of the molecule is O=S(=O)(c1cccc(OCC(O)CNC2COC3(CCN(S(=O)(=O)c4cnc5c(c4)CCCO5)CC3)C2)c1)C1CC1. The van der Waals surface area contributed by atoms with Crippen molar-refractivity contribution in [3.05, 3.63) is 42.1 Å². The Kier molecular flexibility index (Phi) is 8.02. The van der Waals surface area contributed by atoms with Crippen molar-refractivity contribution < 1.29 is 36.2 Å². The van der Waals surface area contributed by atoms with Crippen LogP contribution in [-0.4, -0.2) is 93.7 Å². The molecule has 0 bridgehead atoms. The number of ether oxygens (including phenoxy) is 3. The highest BCUT2D eigenvalue weighted by Gasteiger charge is 2.45. The predicted molar refractivity (Wildman–Crippen MR) is 149 cm³/mol. The fourth-order valence-electron chi connectivity index (χ4n) is 5.83. The van der Waals surface area contributed by atoms with Gasteiger partial charge in [0.1, 0.15) is 23.4 Å². The molecule has 0 amide bonds. The van der Waals surface area contributed by atoms with Crippen molar-refractivity contribution in [3.8, 4) is 11.6 Å². The predicted octanol–water partition coefficient (Wildman–Crippen LogP) is 1.68. The number of benzene rings is 1. The molecule has 4 aliphatic rings. The lowest BCUT2D eigenvalue weighted by molar-refractivity contribution is -0.0312. The smallest absolute Gasteiger partial charge is 0.244 e.